The standard InChI is InChI=1S/C9H18N6O2S/c1-7-8(12-6-13-9(7)14-10)11-4-5-18(16,17)15(2)3/h6H,4-5,10H2,1-3H3,(H2,11,12,13,14). The largest absolute Gasteiger partial charge is 0.369 e. The number of nitrogens with two attached hydrogens (primary N) is 1. The second-order valence-corrected chi connectivity index (χ2v) is 6.17. The van der Waals surface area contributed by atoms with Gasteiger partial charge in [-0.15, -0.1) is 0 Å². The van der Waals surface area contributed by atoms with Gasteiger partial charge in [0.1, 0.15) is 18.0 Å². The molecule has 1 rings (SSSR count). The number of nitrogens with one attached hydrogen (secondary N) is 2. The highest BCUT2D eigenvalue weighted by molar-refractivity contribution is 7.89. The fourth-order valence-electron chi connectivity index (χ4n) is 1.25. The van der Waals surface area contributed by atoms with Crippen molar-refractivity contribution in [2.75, 3.05) is 37.1 Å². The van der Waals surface area contributed by atoms with Crippen molar-refractivity contribution in [2.24, 2.45) is 5.84 Å². The molecule has 1 aromatic heterocycles. The summed E-state index contributed by atoms with van der Waals surface area (Å²) < 4.78 is 24.3. The van der Waals surface area contributed by atoms with E-state index in [0.29, 0.717) is 11.6 Å². The summed E-state index contributed by atoms with van der Waals surface area (Å²) in [5.41, 5.74) is 3.18. The van der Waals surface area contributed by atoms with Crippen LogP contribution in [-0.4, -0.2) is 49.1 Å². The summed E-state index contributed by atoms with van der Waals surface area (Å²) >= 11 is 0. The molecule has 9 heteroatoms. The van der Waals surface area contributed by atoms with E-state index in [1.165, 1.54) is 24.7 Å². The highest BCUT2D eigenvalue weighted by Gasteiger charge is 2.13. The first kappa shape index (κ1) is 14.6. The number of hydrogen-bond donors (Lipinski definition) is 3. The van der Waals surface area contributed by atoms with Crippen LogP contribution in [0, 0.1) is 6.92 Å². The molecule has 0 aliphatic rings. The summed E-state index contributed by atoms with van der Waals surface area (Å²) in [6.07, 6.45) is 1.35. The van der Waals surface area contributed by atoms with Gasteiger partial charge in [0.05, 0.1) is 5.75 Å². The van der Waals surface area contributed by atoms with E-state index in [1.807, 2.05) is 0 Å². The quantitative estimate of drug-likeness (QED) is 0.467. The van der Waals surface area contributed by atoms with Gasteiger partial charge in [-0.2, -0.15) is 0 Å². The van der Waals surface area contributed by atoms with Crippen LogP contribution in [-0.2, 0) is 10.0 Å². The molecule has 0 bridgehead atoms. The number of rotatable bonds is 6. The van der Waals surface area contributed by atoms with Crippen LogP contribution in [0.25, 0.3) is 0 Å². The van der Waals surface area contributed by atoms with Crippen LogP contribution in [0.1, 0.15) is 5.56 Å². The zero-order chi connectivity index (χ0) is 13.8. The number of nitrogens with zero attached hydrogens (tertiary/aromatic N) is 3. The molecule has 1 heterocycles. The maximum Gasteiger partial charge on any atom is 0.215 e. The smallest absolute Gasteiger partial charge is 0.215 e. The molecule has 102 valence electrons. The molecular weight excluding hydrogens is 256 g/mol. The third-order valence-electron chi connectivity index (χ3n) is 2.43. The predicted molar refractivity (Wildman–Crippen MR) is 70.5 cm³/mol. The Bertz CT molecular complexity index is 502. The summed E-state index contributed by atoms with van der Waals surface area (Å²) in [4.78, 5) is 7.95. The molecule has 0 aliphatic carbocycles. The van der Waals surface area contributed by atoms with Crippen molar-refractivity contribution in [3.8, 4) is 0 Å². The van der Waals surface area contributed by atoms with E-state index in [9.17, 15) is 8.42 Å². The highest BCUT2D eigenvalue weighted by atomic mass is 32.2. The average Bonchev–Trinajstić information content (AvgIpc) is 2.31. The summed E-state index contributed by atoms with van der Waals surface area (Å²) in [5.74, 6) is 6.35. The normalized spacial score (nSPS) is 11.6. The Hall–Kier alpha value is -1.45. The molecule has 0 saturated heterocycles. The number of nitrogen functional groups attached to an aromatic ring is 1. The zero-order valence-electron chi connectivity index (χ0n) is 10.6. The zero-order valence-corrected chi connectivity index (χ0v) is 11.5. The van der Waals surface area contributed by atoms with E-state index in [-0.39, 0.29) is 12.3 Å². The van der Waals surface area contributed by atoms with Gasteiger partial charge < -0.3 is 10.7 Å². The molecule has 1 aromatic rings. The first-order valence-corrected chi connectivity index (χ1v) is 6.91. The molecule has 4 N–H and O–H groups in total. The summed E-state index contributed by atoms with van der Waals surface area (Å²) in [6, 6.07) is 0. The summed E-state index contributed by atoms with van der Waals surface area (Å²) in [7, 11) is -0.206. The van der Waals surface area contributed by atoms with Gasteiger partial charge in [-0.05, 0) is 6.92 Å². The van der Waals surface area contributed by atoms with E-state index in [2.05, 4.69) is 20.7 Å². The van der Waals surface area contributed by atoms with Crippen LogP contribution in [0.5, 0.6) is 0 Å². The SMILES string of the molecule is Cc1c(NN)ncnc1NCCS(=O)(=O)N(C)C. The van der Waals surface area contributed by atoms with E-state index >= 15 is 0 Å². The lowest BCUT2D eigenvalue weighted by atomic mass is 10.3. The molecular formula is C9H18N6O2S. The third-order valence-corrected chi connectivity index (χ3v) is 4.26. The molecule has 0 radical (unpaired) electrons. The lowest BCUT2D eigenvalue weighted by Gasteiger charge is -2.13. The number of sulfonamides is 1. The number of anilines is 2. The van der Waals surface area contributed by atoms with Crippen LogP contribution in [0.15, 0.2) is 6.33 Å². The Kier molecular flexibility index (Phi) is 4.82. The van der Waals surface area contributed by atoms with Crippen LogP contribution >= 0.6 is 0 Å². The van der Waals surface area contributed by atoms with Crippen molar-refractivity contribution in [3.05, 3.63) is 11.9 Å². The minimum atomic E-state index is -3.21. The van der Waals surface area contributed by atoms with Gasteiger partial charge in [-0.25, -0.2) is 28.5 Å². The molecule has 0 saturated carbocycles. The van der Waals surface area contributed by atoms with Gasteiger partial charge in [0, 0.05) is 26.2 Å². The first-order chi connectivity index (χ1) is 8.38. The molecule has 0 unspecified atom stereocenters. The molecule has 0 atom stereocenters. The number of hydrazine groups is 1. The third kappa shape index (κ3) is 3.52. The Labute approximate surface area is 107 Å². The molecule has 0 spiro atoms. The average molecular weight is 274 g/mol. The fourth-order valence-corrected chi connectivity index (χ4v) is 1.98. The van der Waals surface area contributed by atoms with Crippen molar-refractivity contribution in [2.45, 2.75) is 6.92 Å². The number of hydrogen-bond acceptors (Lipinski definition) is 7. The highest BCUT2D eigenvalue weighted by Crippen LogP contribution is 2.16. The lowest BCUT2D eigenvalue weighted by Crippen LogP contribution is -2.28. The summed E-state index contributed by atoms with van der Waals surface area (Å²) in [6.45, 7) is 2.06. The molecule has 8 nitrogen and oxygen atoms in total. The molecule has 0 aliphatic heterocycles. The van der Waals surface area contributed by atoms with E-state index < -0.39 is 10.0 Å². The molecule has 0 aromatic carbocycles. The van der Waals surface area contributed by atoms with Gasteiger partial charge in [-0.1, -0.05) is 0 Å². The molecule has 0 amide bonds. The molecule has 0 fully saturated rings. The van der Waals surface area contributed by atoms with E-state index in [1.54, 1.807) is 6.92 Å². The van der Waals surface area contributed by atoms with Crippen LogP contribution in [0.2, 0.25) is 0 Å². The van der Waals surface area contributed by atoms with Crippen molar-refractivity contribution in [3.63, 3.8) is 0 Å². The second-order valence-electron chi connectivity index (χ2n) is 3.87. The van der Waals surface area contributed by atoms with Crippen molar-refractivity contribution >= 4 is 21.7 Å². The van der Waals surface area contributed by atoms with Gasteiger partial charge in [-0.3, -0.25) is 0 Å². The Balaban J connectivity index is 2.65. The lowest BCUT2D eigenvalue weighted by molar-refractivity contribution is 0.521. The number of aromatic nitrogens is 2. The Morgan fingerprint density at radius 3 is 2.50 bits per heavy atom. The van der Waals surface area contributed by atoms with Gasteiger partial charge >= 0.3 is 0 Å². The maximum absolute atomic E-state index is 11.5. The van der Waals surface area contributed by atoms with E-state index in [0.717, 1.165) is 5.56 Å². The van der Waals surface area contributed by atoms with Crippen molar-refractivity contribution < 1.29 is 8.42 Å². The van der Waals surface area contributed by atoms with Crippen LogP contribution in [0.4, 0.5) is 11.6 Å². The van der Waals surface area contributed by atoms with Gasteiger partial charge in [0.15, 0.2) is 0 Å². The summed E-state index contributed by atoms with van der Waals surface area (Å²) in [5, 5.41) is 2.95. The Morgan fingerprint density at radius 2 is 1.94 bits per heavy atom. The van der Waals surface area contributed by atoms with Crippen molar-refractivity contribution in [1.82, 2.24) is 14.3 Å². The Morgan fingerprint density at radius 1 is 1.33 bits per heavy atom. The van der Waals surface area contributed by atoms with E-state index in [4.69, 9.17) is 5.84 Å². The second kappa shape index (κ2) is 5.94. The monoisotopic (exact) mass is 274 g/mol. The maximum atomic E-state index is 11.5. The molecule has 18 heavy (non-hydrogen) atoms. The topological polar surface area (TPSA) is 113 Å². The predicted octanol–water partition coefficient (Wildman–Crippen LogP) is -0.626. The fraction of sp³-hybridized carbons (Fsp3) is 0.556. The van der Waals surface area contributed by atoms with Crippen LogP contribution < -0.4 is 16.6 Å². The minimum Gasteiger partial charge on any atom is -0.369 e. The van der Waals surface area contributed by atoms with Crippen LogP contribution in [0.3, 0.4) is 0 Å². The minimum absolute atomic E-state index is 0.00513. The first-order valence-electron chi connectivity index (χ1n) is 5.30. The van der Waals surface area contributed by atoms with Gasteiger partial charge in [0.2, 0.25) is 10.0 Å². The van der Waals surface area contributed by atoms with Crippen molar-refractivity contribution in [1.29, 1.82) is 0 Å². The van der Waals surface area contributed by atoms with Gasteiger partial charge in [0.25, 0.3) is 0 Å².